The predicted molar refractivity (Wildman–Crippen MR) is 299 cm³/mol. The van der Waals surface area contributed by atoms with Gasteiger partial charge in [-0.1, -0.05) is 89.9 Å². The summed E-state index contributed by atoms with van der Waals surface area (Å²) in [4.78, 5) is 25.4. The van der Waals surface area contributed by atoms with Crippen molar-refractivity contribution in [2.24, 2.45) is 0 Å². The maximum absolute atomic E-state index is 13.8. The van der Waals surface area contributed by atoms with Crippen molar-refractivity contribution in [2.75, 3.05) is 101 Å². The highest BCUT2D eigenvalue weighted by molar-refractivity contribution is 6.31. The van der Waals surface area contributed by atoms with Gasteiger partial charge in [-0.3, -0.25) is 0 Å². The third-order valence-electron chi connectivity index (χ3n) is 15.2. The largest absolute Gasteiger partial charge is 0.445 e. The molecule has 0 aromatic heterocycles. The van der Waals surface area contributed by atoms with Crippen molar-refractivity contribution >= 4 is 52.0 Å². The second-order valence-corrected chi connectivity index (χ2v) is 21.1. The molecule has 6 aromatic carbocycles. The molecule has 6 heterocycles. The molecule has 9 nitrogen and oxygen atoms in total. The molecule has 1 fully saturated rings. The van der Waals surface area contributed by atoms with Gasteiger partial charge in [0, 0.05) is 119 Å². The quantitative estimate of drug-likeness (QED) is 0.170. The first-order valence-electron chi connectivity index (χ1n) is 25.8. The molecule has 6 aliphatic heterocycles. The standard InChI is InChI=1S/C21H23FN2O2.2C10H12ClN.C10H10N2.C10H13N/c1-23-15-21(18-13-17(22)7-8-19(18)23)9-11-24(12-10-21)20(25)26-14-16-5-3-2-4-6-16;1-12-7-3-4-8-9(11)5-2-6-10(8)12;1-12-5-4-8-2-3-10(11)6-9(8)7-12;1-12-6-5-9-8(7-11)3-2-4-10(9)12;1-11-8-4-6-9-5-2-3-7-10(9)11/h2-8,13H,9-12,14-15H2,1H3;2,5-6H,3-4,7H2,1H3;2-3,6H,4-5,7H2,1H3;2-4H,5-6H2,1H3;2-3,5,7H,4,6,8H2,1H3. The Morgan fingerprint density at radius 2 is 1.29 bits per heavy atom. The van der Waals surface area contributed by atoms with Crippen LogP contribution in [0.3, 0.4) is 0 Å². The molecule has 0 radical (unpaired) electrons. The number of rotatable bonds is 2. The number of likely N-dealkylation sites (N-methyl/N-ethyl adjacent to an activating group) is 3. The maximum Gasteiger partial charge on any atom is 0.410 e. The Hall–Kier alpha value is -6.25. The van der Waals surface area contributed by atoms with Crippen LogP contribution in [-0.2, 0) is 49.0 Å². The molecule has 12 rings (SSSR count). The van der Waals surface area contributed by atoms with Gasteiger partial charge in [0.25, 0.3) is 0 Å². The van der Waals surface area contributed by atoms with Crippen LogP contribution in [0.2, 0.25) is 10.0 Å². The molecule has 0 atom stereocenters. The number of carbonyl (C=O) groups is 1. The minimum Gasteiger partial charge on any atom is -0.445 e. The highest BCUT2D eigenvalue weighted by Crippen LogP contribution is 2.47. The van der Waals surface area contributed by atoms with Gasteiger partial charge in [0.15, 0.2) is 0 Å². The smallest absolute Gasteiger partial charge is 0.410 e. The van der Waals surface area contributed by atoms with E-state index in [0.717, 1.165) is 97.3 Å². The van der Waals surface area contributed by atoms with Gasteiger partial charge in [-0.25, -0.2) is 9.18 Å². The number of hydrogen-bond donors (Lipinski definition) is 0. The van der Waals surface area contributed by atoms with E-state index in [0.29, 0.717) is 13.1 Å². The zero-order valence-corrected chi connectivity index (χ0v) is 44.7. The fraction of sp³-hybridized carbons (Fsp3) is 0.377. The molecule has 0 N–H and O–H groups in total. The topological polar surface area (TPSA) is 69.5 Å². The molecule has 0 bridgehead atoms. The first-order valence-corrected chi connectivity index (χ1v) is 26.5. The monoisotopic (exact) mass is 1020 g/mol. The van der Waals surface area contributed by atoms with Crippen LogP contribution < -0.4 is 19.6 Å². The lowest BCUT2D eigenvalue weighted by Crippen LogP contribution is -2.47. The van der Waals surface area contributed by atoms with E-state index in [9.17, 15) is 9.18 Å². The van der Waals surface area contributed by atoms with Crippen LogP contribution in [0.1, 0.15) is 70.2 Å². The Morgan fingerprint density at radius 1 is 0.616 bits per heavy atom. The average Bonchev–Trinajstić information content (AvgIpc) is 3.92. The van der Waals surface area contributed by atoms with Crippen molar-refractivity contribution < 1.29 is 13.9 Å². The van der Waals surface area contributed by atoms with Gasteiger partial charge in [0.2, 0.25) is 0 Å². The summed E-state index contributed by atoms with van der Waals surface area (Å²) in [5, 5.41) is 10.6. The van der Waals surface area contributed by atoms with Gasteiger partial charge in [-0.05, 0) is 158 Å². The van der Waals surface area contributed by atoms with Crippen LogP contribution in [0.4, 0.5) is 31.9 Å². The molecule has 1 saturated heterocycles. The van der Waals surface area contributed by atoms with E-state index in [4.69, 9.17) is 33.2 Å². The van der Waals surface area contributed by atoms with Crippen LogP contribution in [0.15, 0.2) is 127 Å². The molecule has 1 spiro atoms. The fourth-order valence-corrected chi connectivity index (χ4v) is 11.6. The summed E-state index contributed by atoms with van der Waals surface area (Å²) in [5.41, 5.74) is 14.7. The number of benzene rings is 6. The first kappa shape index (κ1) is 53.1. The number of halogens is 3. The second-order valence-electron chi connectivity index (χ2n) is 20.2. The summed E-state index contributed by atoms with van der Waals surface area (Å²) < 4.78 is 19.2. The van der Waals surface area contributed by atoms with Crippen LogP contribution in [0.25, 0.3) is 0 Å². The molecular weight excluding hydrogens is 953 g/mol. The molecule has 6 aromatic rings. The summed E-state index contributed by atoms with van der Waals surface area (Å²) in [6.45, 7) is 8.02. The third kappa shape index (κ3) is 13.1. The van der Waals surface area contributed by atoms with Gasteiger partial charge in [0.05, 0.1) is 11.6 Å². The molecule has 6 aliphatic rings. The summed E-state index contributed by atoms with van der Waals surface area (Å²) >= 11 is 12.0. The van der Waals surface area contributed by atoms with Gasteiger partial charge in [0.1, 0.15) is 12.4 Å². The van der Waals surface area contributed by atoms with E-state index >= 15 is 0 Å². The van der Waals surface area contributed by atoms with Crippen LogP contribution in [0.5, 0.6) is 0 Å². The molecule has 0 aliphatic carbocycles. The average molecular weight is 1020 g/mol. The van der Waals surface area contributed by atoms with Crippen molar-refractivity contribution in [3.8, 4) is 6.07 Å². The highest BCUT2D eigenvalue weighted by Gasteiger charge is 2.44. The van der Waals surface area contributed by atoms with E-state index in [2.05, 4.69) is 107 Å². The number of hydrogen-bond acceptors (Lipinski definition) is 8. The van der Waals surface area contributed by atoms with E-state index in [1.807, 2.05) is 73.8 Å². The number of amides is 1. The Kier molecular flexibility index (Phi) is 17.9. The minimum atomic E-state index is -0.269. The van der Waals surface area contributed by atoms with Gasteiger partial charge in [-0.2, -0.15) is 5.26 Å². The Balaban J connectivity index is 0.000000129. The fourth-order valence-electron chi connectivity index (χ4n) is 11.1. The molecule has 382 valence electrons. The summed E-state index contributed by atoms with van der Waals surface area (Å²) in [5.74, 6) is -0.192. The second kappa shape index (κ2) is 24.6. The van der Waals surface area contributed by atoms with E-state index < -0.39 is 0 Å². The SMILES string of the molecule is CN1CC2(CCN(C(=O)OCc3ccccc3)CC2)c2cc(F)ccc21.CN1CCCc2c(Cl)cccc21.CN1CCCc2ccccc21.CN1CCc2c(C#N)cccc21.CN1CCc2ccc(Cl)cc2C1. The Morgan fingerprint density at radius 3 is 2.03 bits per heavy atom. The molecular formula is C61H70Cl2FN7O2. The molecule has 1 amide bonds. The number of likely N-dealkylation sites (tertiary alicyclic amines) is 1. The van der Waals surface area contributed by atoms with Gasteiger partial charge in [-0.15, -0.1) is 0 Å². The summed E-state index contributed by atoms with van der Waals surface area (Å²) in [6, 6.07) is 43.9. The Labute approximate surface area is 443 Å². The first-order chi connectivity index (χ1) is 35.3. The van der Waals surface area contributed by atoms with Crippen LogP contribution in [0, 0.1) is 17.1 Å². The number of ether oxygens (including phenoxy) is 1. The third-order valence-corrected chi connectivity index (χ3v) is 15.8. The lowest BCUT2D eigenvalue weighted by molar-refractivity contribution is 0.0790. The van der Waals surface area contributed by atoms with Crippen LogP contribution in [-0.4, -0.2) is 96.9 Å². The van der Waals surface area contributed by atoms with Gasteiger partial charge >= 0.3 is 6.09 Å². The van der Waals surface area contributed by atoms with Crippen molar-refractivity contribution in [3.63, 3.8) is 0 Å². The maximum atomic E-state index is 13.8. The molecule has 12 heteroatoms. The zero-order valence-electron chi connectivity index (χ0n) is 43.2. The highest BCUT2D eigenvalue weighted by atomic mass is 35.5. The Bertz CT molecular complexity index is 2870. The number of nitriles is 1. The van der Waals surface area contributed by atoms with Crippen molar-refractivity contribution in [2.45, 2.75) is 69.9 Å². The molecule has 0 saturated carbocycles. The van der Waals surface area contributed by atoms with Crippen molar-refractivity contribution in [3.05, 3.63) is 188 Å². The molecule has 73 heavy (non-hydrogen) atoms. The zero-order chi connectivity index (χ0) is 51.5. The summed E-state index contributed by atoms with van der Waals surface area (Å²) in [7, 11) is 10.5. The number of anilines is 4. The normalized spacial score (nSPS) is 16.7. The number of aryl methyl sites for hydroxylation is 1. The minimum absolute atomic E-state index is 0.0671. The van der Waals surface area contributed by atoms with E-state index in [-0.39, 0.29) is 23.9 Å². The van der Waals surface area contributed by atoms with E-state index in [1.165, 1.54) is 76.8 Å². The number of carbonyl (C=O) groups excluding carboxylic acids is 1. The number of fused-ring (bicyclic) bond motifs is 6. The van der Waals surface area contributed by atoms with Crippen LogP contribution >= 0.6 is 23.2 Å². The van der Waals surface area contributed by atoms with E-state index in [1.54, 1.807) is 11.0 Å². The van der Waals surface area contributed by atoms with Crippen molar-refractivity contribution in [1.29, 1.82) is 5.26 Å². The molecule has 0 unspecified atom stereocenters. The van der Waals surface area contributed by atoms with Crippen molar-refractivity contribution in [1.82, 2.24) is 9.80 Å². The number of nitrogens with zero attached hydrogens (tertiary/aromatic N) is 7. The number of piperidine rings is 1. The summed E-state index contributed by atoms with van der Waals surface area (Å²) in [6.07, 6.45) is 8.44. The number of para-hydroxylation sites is 1. The van der Waals surface area contributed by atoms with Gasteiger partial charge < -0.3 is 34.1 Å². The lowest BCUT2D eigenvalue weighted by Gasteiger charge is -2.39. The lowest BCUT2D eigenvalue weighted by atomic mass is 9.74. The predicted octanol–water partition coefficient (Wildman–Crippen LogP) is 12.6.